The Morgan fingerprint density at radius 1 is 1.08 bits per heavy atom. The van der Waals surface area contributed by atoms with Crippen LogP contribution in [0.3, 0.4) is 0 Å². The molecule has 128 valence electrons. The first-order valence-electron chi connectivity index (χ1n) is 7.22. The van der Waals surface area contributed by atoms with Crippen molar-refractivity contribution in [2.45, 2.75) is 18.7 Å². The second kappa shape index (κ2) is 7.35. The van der Waals surface area contributed by atoms with Gasteiger partial charge in [0, 0.05) is 6.07 Å². The van der Waals surface area contributed by atoms with Crippen LogP contribution in [0.2, 0.25) is 0 Å². The fourth-order valence-corrected chi connectivity index (χ4v) is 3.18. The Labute approximate surface area is 141 Å². The van der Waals surface area contributed by atoms with Gasteiger partial charge in [-0.2, -0.15) is 0 Å². The van der Waals surface area contributed by atoms with Gasteiger partial charge in [0.1, 0.15) is 11.5 Å². The lowest BCUT2D eigenvalue weighted by atomic mass is 10.1. The van der Waals surface area contributed by atoms with E-state index in [2.05, 4.69) is 0 Å². The number of ether oxygens (including phenoxy) is 2. The largest absolute Gasteiger partial charge is 0.497 e. The van der Waals surface area contributed by atoms with E-state index in [0.29, 0.717) is 11.5 Å². The lowest BCUT2D eigenvalue weighted by molar-refractivity contribution is -0.121. The van der Waals surface area contributed by atoms with Gasteiger partial charge in [0.05, 0.1) is 12.0 Å². The highest BCUT2D eigenvalue weighted by Gasteiger charge is 2.19. The summed E-state index contributed by atoms with van der Waals surface area (Å²) in [6.07, 6.45) is 0. The number of aryl methyl sites for hydroxylation is 2. The van der Waals surface area contributed by atoms with Crippen LogP contribution >= 0.6 is 0 Å². The fourth-order valence-electron chi connectivity index (χ4n) is 2.17. The molecule has 0 saturated heterocycles. The second-order valence-electron chi connectivity index (χ2n) is 5.22. The molecule has 0 atom stereocenters. The van der Waals surface area contributed by atoms with E-state index in [0.717, 1.165) is 11.1 Å². The van der Waals surface area contributed by atoms with Gasteiger partial charge < -0.3 is 9.47 Å². The van der Waals surface area contributed by atoms with E-state index in [1.807, 2.05) is 36.8 Å². The van der Waals surface area contributed by atoms with Crippen molar-refractivity contribution >= 4 is 15.9 Å². The zero-order valence-electron chi connectivity index (χ0n) is 13.7. The van der Waals surface area contributed by atoms with Crippen LogP contribution in [0, 0.1) is 13.8 Å². The van der Waals surface area contributed by atoms with Crippen LogP contribution in [-0.4, -0.2) is 28.0 Å². The molecule has 0 aliphatic rings. The Balaban J connectivity index is 2.06. The Morgan fingerprint density at radius 2 is 1.71 bits per heavy atom. The molecule has 0 unspecified atom stereocenters. The molecule has 7 heteroatoms. The van der Waals surface area contributed by atoms with E-state index in [-0.39, 0.29) is 4.90 Å². The van der Waals surface area contributed by atoms with Crippen molar-refractivity contribution in [2.75, 3.05) is 13.7 Å². The summed E-state index contributed by atoms with van der Waals surface area (Å²) in [4.78, 5) is 11.9. The zero-order valence-corrected chi connectivity index (χ0v) is 14.5. The van der Waals surface area contributed by atoms with Crippen LogP contribution < -0.4 is 14.2 Å². The number of nitrogens with one attached hydrogen (secondary N) is 1. The van der Waals surface area contributed by atoms with E-state index in [1.165, 1.54) is 25.3 Å². The van der Waals surface area contributed by atoms with Crippen molar-refractivity contribution in [1.82, 2.24) is 4.72 Å². The van der Waals surface area contributed by atoms with Gasteiger partial charge in [-0.25, -0.2) is 13.1 Å². The summed E-state index contributed by atoms with van der Waals surface area (Å²) in [5, 5.41) is 0. The highest BCUT2D eigenvalue weighted by Crippen LogP contribution is 2.22. The molecule has 0 aliphatic heterocycles. The SMILES string of the molecule is COc1cccc(S(=O)(=O)NC(=O)COc2c(C)cccc2C)c1. The van der Waals surface area contributed by atoms with Crippen LogP contribution in [0.1, 0.15) is 11.1 Å². The summed E-state index contributed by atoms with van der Waals surface area (Å²) in [6.45, 7) is 3.31. The number of para-hydroxylation sites is 1. The average Bonchev–Trinajstić information content (AvgIpc) is 2.54. The summed E-state index contributed by atoms with van der Waals surface area (Å²) in [5.74, 6) is 0.212. The van der Waals surface area contributed by atoms with E-state index in [4.69, 9.17) is 9.47 Å². The number of benzene rings is 2. The van der Waals surface area contributed by atoms with Gasteiger partial charge in [0.25, 0.3) is 15.9 Å². The molecule has 0 fully saturated rings. The number of methoxy groups -OCH3 is 1. The van der Waals surface area contributed by atoms with Crippen LogP contribution in [0.4, 0.5) is 0 Å². The number of hydrogen-bond donors (Lipinski definition) is 1. The first-order valence-corrected chi connectivity index (χ1v) is 8.70. The van der Waals surface area contributed by atoms with Crippen LogP contribution in [0.25, 0.3) is 0 Å². The Bertz CT molecular complexity index is 826. The first kappa shape index (κ1) is 17.8. The van der Waals surface area contributed by atoms with Gasteiger partial charge in [0.2, 0.25) is 0 Å². The summed E-state index contributed by atoms with van der Waals surface area (Å²) in [6, 6.07) is 11.5. The van der Waals surface area contributed by atoms with Gasteiger partial charge in [-0.1, -0.05) is 24.3 Å². The summed E-state index contributed by atoms with van der Waals surface area (Å²) < 4.78 is 36.9. The van der Waals surface area contributed by atoms with Gasteiger partial charge in [-0.05, 0) is 37.1 Å². The van der Waals surface area contributed by atoms with E-state index in [1.54, 1.807) is 6.07 Å². The Morgan fingerprint density at radius 3 is 2.33 bits per heavy atom. The predicted molar refractivity (Wildman–Crippen MR) is 89.7 cm³/mol. The third-order valence-corrected chi connectivity index (χ3v) is 4.73. The third-order valence-electron chi connectivity index (χ3n) is 3.36. The highest BCUT2D eigenvalue weighted by atomic mass is 32.2. The molecule has 0 aliphatic carbocycles. The van der Waals surface area contributed by atoms with Crippen molar-refractivity contribution in [3.05, 3.63) is 53.6 Å². The molecule has 0 spiro atoms. The minimum atomic E-state index is -3.98. The normalized spacial score (nSPS) is 11.0. The van der Waals surface area contributed by atoms with E-state index in [9.17, 15) is 13.2 Å². The molecule has 2 aromatic rings. The molecule has 24 heavy (non-hydrogen) atoms. The molecule has 0 aromatic heterocycles. The minimum absolute atomic E-state index is 0.0535. The molecule has 6 nitrogen and oxygen atoms in total. The average molecular weight is 349 g/mol. The summed E-state index contributed by atoms with van der Waals surface area (Å²) >= 11 is 0. The maximum Gasteiger partial charge on any atom is 0.271 e. The lowest BCUT2D eigenvalue weighted by Crippen LogP contribution is -2.34. The summed E-state index contributed by atoms with van der Waals surface area (Å²) in [5.41, 5.74) is 1.75. The second-order valence-corrected chi connectivity index (χ2v) is 6.90. The topological polar surface area (TPSA) is 81.7 Å². The number of hydrogen-bond acceptors (Lipinski definition) is 5. The van der Waals surface area contributed by atoms with Crippen molar-refractivity contribution in [3.8, 4) is 11.5 Å². The molecule has 0 radical (unpaired) electrons. The van der Waals surface area contributed by atoms with Crippen molar-refractivity contribution in [3.63, 3.8) is 0 Å². The molecule has 1 amide bonds. The number of carbonyl (C=O) groups excluding carboxylic acids is 1. The fraction of sp³-hybridized carbons (Fsp3) is 0.235. The molecule has 1 N–H and O–H groups in total. The molecular weight excluding hydrogens is 330 g/mol. The molecule has 2 rings (SSSR count). The monoisotopic (exact) mass is 349 g/mol. The zero-order chi connectivity index (χ0) is 17.7. The molecule has 2 aromatic carbocycles. The van der Waals surface area contributed by atoms with Crippen LogP contribution in [-0.2, 0) is 14.8 Å². The smallest absolute Gasteiger partial charge is 0.271 e. The van der Waals surface area contributed by atoms with Crippen molar-refractivity contribution in [2.24, 2.45) is 0 Å². The van der Waals surface area contributed by atoms with Gasteiger partial charge in [-0.15, -0.1) is 0 Å². The first-order chi connectivity index (χ1) is 11.3. The lowest BCUT2D eigenvalue weighted by Gasteiger charge is -2.12. The molecular formula is C17H19NO5S. The molecule has 0 heterocycles. The number of sulfonamides is 1. The number of rotatable bonds is 6. The van der Waals surface area contributed by atoms with Gasteiger partial charge >= 0.3 is 0 Å². The Kier molecular flexibility index (Phi) is 5.46. The minimum Gasteiger partial charge on any atom is -0.497 e. The maximum atomic E-state index is 12.2. The van der Waals surface area contributed by atoms with Gasteiger partial charge in [-0.3, -0.25) is 4.79 Å². The summed E-state index contributed by atoms with van der Waals surface area (Å²) in [7, 11) is -2.54. The molecule has 0 bridgehead atoms. The van der Waals surface area contributed by atoms with Crippen LogP contribution in [0.5, 0.6) is 11.5 Å². The highest BCUT2D eigenvalue weighted by molar-refractivity contribution is 7.90. The molecule has 0 saturated carbocycles. The standard InChI is InChI=1S/C17H19NO5S/c1-12-6-4-7-13(2)17(12)23-11-16(19)18-24(20,21)15-9-5-8-14(10-15)22-3/h4-10H,11H2,1-3H3,(H,18,19). The van der Waals surface area contributed by atoms with E-state index < -0.39 is 22.5 Å². The number of amides is 1. The quantitative estimate of drug-likeness (QED) is 0.864. The maximum absolute atomic E-state index is 12.2. The van der Waals surface area contributed by atoms with E-state index >= 15 is 0 Å². The Hall–Kier alpha value is -2.54. The third kappa shape index (κ3) is 4.26. The predicted octanol–water partition coefficient (Wildman–Crippen LogP) is 2.20. The number of carbonyl (C=O) groups is 1. The van der Waals surface area contributed by atoms with Crippen LogP contribution in [0.15, 0.2) is 47.4 Å². The van der Waals surface area contributed by atoms with Gasteiger partial charge in [0.15, 0.2) is 6.61 Å². The van der Waals surface area contributed by atoms with Crippen molar-refractivity contribution < 1.29 is 22.7 Å². The van der Waals surface area contributed by atoms with Crippen molar-refractivity contribution in [1.29, 1.82) is 0 Å².